The van der Waals surface area contributed by atoms with Gasteiger partial charge in [0.15, 0.2) is 0 Å². The van der Waals surface area contributed by atoms with Gasteiger partial charge < -0.3 is 10.6 Å². The third kappa shape index (κ3) is 3.05. The summed E-state index contributed by atoms with van der Waals surface area (Å²) in [5.41, 5.74) is 8.66. The van der Waals surface area contributed by atoms with Crippen molar-refractivity contribution >= 4 is 17.0 Å². The smallest absolute Gasteiger partial charge is 0.0525 e. The second-order valence-electron chi connectivity index (χ2n) is 5.54. The summed E-state index contributed by atoms with van der Waals surface area (Å²) in [5, 5.41) is 2.16. The number of thiophene rings is 1. The van der Waals surface area contributed by atoms with E-state index in [1.165, 1.54) is 29.0 Å². The molecule has 2 nitrogen and oxygen atoms in total. The average molecular weight is 286 g/mol. The summed E-state index contributed by atoms with van der Waals surface area (Å²) in [4.78, 5) is 3.97. The van der Waals surface area contributed by atoms with Gasteiger partial charge in [0.2, 0.25) is 0 Å². The number of rotatable bonds is 6. The number of anilines is 1. The Labute approximate surface area is 125 Å². The lowest BCUT2D eigenvalue weighted by atomic mass is 10.0. The topological polar surface area (TPSA) is 29.3 Å². The van der Waals surface area contributed by atoms with Crippen molar-refractivity contribution in [2.75, 3.05) is 4.90 Å². The van der Waals surface area contributed by atoms with E-state index in [0.29, 0.717) is 0 Å². The molecule has 1 aliphatic rings. The molecule has 1 unspecified atom stereocenters. The van der Waals surface area contributed by atoms with Crippen molar-refractivity contribution in [2.45, 2.75) is 44.8 Å². The first-order valence-corrected chi connectivity index (χ1v) is 8.30. The maximum absolute atomic E-state index is 6.09. The SMILES string of the molecule is CCC(N)c1ccc(N(Cc2cccs2)C2CC2)cc1. The van der Waals surface area contributed by atoms with E-state index < -0.39 is 0 Å². The Kier molecular flexibility index (Phi) is 4.08. The highest BCUT2D eigenvalue weighted by atomic mass is 32.1. The molecule has 0 amide bonds. The van der Waals surface area contributed by atoms with E-state index in [1.54, 1.807) is 0 Å². The van der Waals surface area contributed by atoms with E-state index in [0.717, 1.165) is 19.0 Å². The third-order valence-electron chi connectivity index (χ3n) is 3.99. The summed E-state index contributed by atoms with van der Waals surface area (Å²) in [6.45, 7) is 3.16. The van der Waals surface area contributed by atoms with E-state index >= 15 is 0 Å². The van der Waals surface area contributed by atoms with E-state index in [2.05, 4.69) is 53.6 Å². The van der Waals surface area contributed by atoms with E-state index in [9.17, 15) is 0 Å². The molecule has 0 spiro atoms. The first-order valence-electron chi connectivity index (χ1n) is 7.42. The van der Waals surface area contributed by atoms with Gasteiger partial charge in [-0.1, -0.05) is 25.1 Å². The lowest BCUT2D eigenvalue weighted by Gasteiger charge is -2.24. The zero-order chi connectivity index (χ0) is 13.9. The highest BCUT2D eigenvalue weighted by molar-refractivity contribution is 7.09. The van der Waals surface area contributed by atoms with Crippen molar-refractivity contribution in [1.29, 1.82) is 0 Å². The molecule has 1 heterocycles. The maximum atomic E-state index is 6.09. The average Bonchev–Trinajstić information content (AvgIpc) is 3.21. The first-order chi connectivity index (χ1) is 9.78. The lowest BCUT2D eigenvalue weighted by Crippen LogP contribution is -2.24. The Hall–Kier alpha value is -1.32. The van der Waals surface area contributed by atoms with Gasteiger partial charge in [0, 0.05) is 22.6 Å². The predicted molar refractivity (Wildman–Crippen MR) is 87.2 cm³/mol. The van der Waals surface area contributed by atoms with E-state index in [-0.39, 0.29) is 6.04 Å². The number of hydrogen-bond donors (Lipinski definition) is 1. The van der Waals surface area contributed by atoms with Crippen LogP contribution in [0.2, 0.25) is 0 Å². The first kappa shape index (κ1) is 13.7. The molecule has 20 heavy (non-hydrogen) atoms. The van der Waals surface area contributed by atoms with Gasteiger partial charge in [-0.15, -0.1) is 11.3 Å². The summed E-state index contributed by atoms with van der Waals surface area (Å²) < 4.78 is 0. The standard InChI is InChI=1S/C17H22N2S/c1-2-17(18)13-5-7-14(8-6-13)19(15-9-10-15)12-16-4-3-11-20-16/h3-8,11,15,17H,2,9-10,12,18H2,1H3. The van der Waals surface area contributed by atoms with Crippen LogP contribution in [0.5, 0.6) is 0 Å². The van der Waals surface area contributed by atoms with E-state index in [1.807, 2.05) is 11.3 Å². The molecule has 0 bridgehead atoms. The Balaban J connectivity index is 1.77. The van der Waals surface area contributed by atoms with Crippen molar-refractivity contribution in [2.24, 2.45) is 5.73 Å². The molecule has 1 atom stereocenters. The summed E-state index contributed by atoms with van der Waals surface area (Å²) in [6.07, 6.45) is 3.63. The van der Waals surface area contributed by atoms with Gasteiger partial charge in [-0.25, -0.2) is 0 Å². The molecule has 1 fully saturated rings. The summed E-state index contributed by atoms with van der Waals surface area (Å²) in [5.74, 6) is 0. The number of hydrogen-bond acceptors (Lipinski definition) is 3. The van der Waals surface area contributed by atoms with Gasteiger partial charge in [0.1, 0.15) is 0 Å². The van der Waals surface area contributed by atoms with Gasteiger partial charge in [-0.2, -0.15) is 0 Å². The van der Waals surface area contributed by atoms with Crippen molar-refractivity contribution in [3.05, 3.63) is 52.2 Å². The molecule has 1 saturated carbocycles. The second-order valence-corrected chi connectivity index (χ2v) is 6.58. The Morgan fingerprint density at radius 3 is 2.55 bits per heavy atom. The molecule has 3 rings (SSSR count). The molecule has 3 heteroatoms. The third-order valence-corrected chi connectivity index (χ3v) is 4.85. The van der Waals surface area contributed by atoms with Crippen LogP contribution in [0.4, 0.5) is 5.69 Å². The molecule has 0 radical (unpaired) electrons. The Morgan fingerprint density at radius 2 is 2.00 bits per heavy atom. The van der Waals surface area contributed by atoms with Crippen LogP contribution in [0, 0.1) is 0 Å². The van der Waals surface area contributed by atoms with Crippen molar-refractivity contribution in [3.8, 4) is 0 Å². The second kappa shape index (κ2) is 5.98. The molecule has 2 aromatic rings. The Bertz CT molecular complexity index is 529. The van der Waals surface area contributed by atoms with Gasteiger partial charge in [0.05, 0.1) is 6.54 Å². The zero-order valence-electron chi connectivity index (χ0n) is 12.0. The molecular formula is C17H22N2S. The van der Waals surface area contributed by atoms with Crippen LogP contribution in [0.3, 0.4) is 0 Å². The molecular weight excluding hydrogens is 264 g/mol. The van der Waals surface area contributed by atoms with Gasteiger partial charge in [-0.05, 0) is 48.4 Å². The number of benzene rings is 1. The van der Waals surface area contributed by atoms with Crippen LogP contribution in [0.15, 0.2) is 41.8 Å². The van der Waals surface area contributed by atoms with Crippen molar-refractivity contribution in [3.63, 3.8) is 0 Å². The fraction of sp³-hybridized carbons (Fsp3) is 0.412. The van der Waals surface area contributed by atoms with E-state index in [4.69, 9.17) is 5.73 Å². The van der Waals surface area contributed by atoms with Crippen LogP contribution in [0.25, 0.3) is 0 Å². The quantitative estimate of drug-likeness (QED) is 0.856. The fourth-order valence-electron chi connectivity index (χ4n) is 2.54. The maximum Gasteiger partial charge on any atom is 0.0525 e. The lowest BCUT2D eigenvalue weighted by molar-refractivity contribution is 0.698. The fourth-order valence-corrected chi connectivity index (χ4v) is 3.24. The molecule has 2 N–H and O–H groups in total. The van der Waals surface area contributed by atoms with Crippen molar-refractivity contribution in [1.82, 2.24) is 0 Å². The normalized spacial score (nSPS) is 16.1. The summed E-state index contributed by atoms with van der Waals surface area (Å²) >= 11 is 1.84. The molecule has 1 aromatic carbocycles. The molecule has 106 valence electrons. The molecule has 1 aliphatic carbocycles. The number of nitrogens with two attached hydrogens (primary N) is 1. The van der Waals surface area contributed by atoms with Crippen LogP contribution < -0.4 is 10.6 Å². The van der Waals surface area contributed by atoms with Crippen LogP contribution >= 0.6 is 11.3 Å². The summed E-state index contributed by atoms with van der Waals surface area (Å²) in [6, 6.07) is 14.1. The number of nitrogens with zero attached hydrogens (tertiary/aromatic N) is 1. The molecule has 0 saturated heterocycles. The highest BCUT2D eigenvalue weighted by Gasteiger charge is 2.29. The van der Waals surface area contributed by atoms with Crippen molar-refractivity contribution < 1.29 is 0 Å². The van der Waals surface area contributed by atoms with Gasteiger partial charge in [0.25, 0.3) is 0 Å². The minimum absolute atomic E-state index is 0.163. The van der Waals surface area contributed by atoms with Gasteiger partial charge in [-0.3, -0.25) is 0 Å². The largest absolute Gasteiger partial charge is 0.363 e. The summed E-state index contributed by atoms with van der Waals surface area (Å²) in [7, 11) is 0. The highest BCUT2D eigenvalue weighted by Crippen LogP contribution is 2.34. The van der Waals surface area contributed by atoms with Crippen LogP contribution in [-0.4, -0.2) is 6.04 Å². The zero-order valence-corrected chi connectivity index (χ0v) is 12.8. The minimum Gasteiger partial charge on any atom is -0.363 e. The van der Waals surface area contributed by atoms with Gasteiger partial charge >= 0.3 is 0 Å². The Morgan fingerprint density at radius 1 is 1.25 bits per heavy atom. The minimum atomic E-state index is 0.163. The monoisotopic (exact) mass is 286 g/mol. The predicted octanol–water partition coefficient (Wildman–Crippen LogP) is 4.33. The van der Waals surface area contributed by atoms with Crippen LogP contribution in [0.1, 0.15) is 42.7 Å². The van der Waals surface area contributed by atoms with Crippen LogP contribution in [-0.2, 0) is 6.54 Å². The molecule has 1 aromatic heterocycles. The molecule has 0 aliphatic heterocycles.